The number of carbonyl (C=O) groups is 1. The van der Waals surface area contributed by atoms with Crippen molar-refractivity contribution in [1.29, 1.82) is 0 Å². The van der Waals surface area contributed by atoms with Crippen LogP contribution in [0.1, 0.15) is 19.5 Å². The van der Waals surface area contributed by atoms with Crippen molar-refractivity contribution in [2.24, 2.45) is 5.41 Å². The van der Waals surface area contributed by atoms with Gasteiger partial charge in [-0.2, -0.15) is 5.10 Å². The van der Waals surface area contributed by atoms with E-state index in [9.17, 15) is 4.79 Å². The number of hydrogen-bond donors (Lipinski definition) is 1. The summed E-state index contributed by atoms with van der Waals surface area (Å²) in [6, 6.07) is 2.02. The van der Waals surface area contributed by atoms with Crippen molar-refractivity contribution in [3.63, 3.8) is 0 Å². The van der Waals surface area contributed by atoms with E-state index in [2.05, 4.69) is 22.4 Å². The quantitative estimate of drug-likeness (QED) is 0.666. The average molecular weight is 236 g/mol. The highest BCUT2D eigenvalue weighted by Crippen LogP contribution is 2.30. The van der Waals surface area contributed by atoms with E-state index in [1.54, 1.807) is 6.20 Å². The highest BCUT2D eigenvalue weighted by atomic mass is 16.2. The summed E-state index contributed by atoms with van der Waals surface area (Å²) in [5.41, 5.74) is 0.945. The Labute approximate surface area is 102 Å². The minimum Gasteiger partial charge on any atom is -0.354 e. The van der Waals surface area contributed by atoms with Gasteiger partial charge in [-0.05, 0) is 13.1 Å². The minimum absolute atomic E-state index is 0.165. The van der Waals surface area contributed by atoms with Crippen LogP contribution in [0.3, 0.4) is 0 Å². The van der Waals surface area contributed by atoms with Gasteiger partial charge in [-0.1, -0.05) is 13.8 Å². The van der Waals surface area contributed by atoms with Gasteiger partial charge in [0.25, 0.3) is 0 Å². The molecule has 3 rings (SSSR count). The van der Waals surface area contributed by atoms with E-state index in [4.69, 9.17) is 0 Å². The molecule has 0 saturated carbocycles. The molecule has 1 atom stereocenters. The van der Waals surface area contributed by atoms with Crippen LogP contribution in [-0.2, 0) is 17.9 Å². The number of nitrogens with zero attached hydrogens (tertiary/aromatic N) is 3. The molecular weight excluding hydrogens is 216 g/mol. The van der Waals surface area contributed by atoms with Crippen LogP contribution in [0.15, 0.2) is 12.3 Å². The Morgan fingerprint density at radius 1 is 1.41 bits per heavy atom. The third-order valence-electron chi connectivity index (χ3n) is 3.33. The van der Waals surface area contributed by atoms with E-state index < -0.39 is 0 Å². The molecular formula is C12H20N4O. The zero-order valence-electron chi connectivity index (χ0n) is 10.7. The first kappa shape index (κ1) is 12.1. The lowest BCUT2D eigenvalue weighted by atomic mass is 9.80. The van der Waals surface area contributed by atoms with Gasteiger partial charge in [0.15, 0.2) is 0 Å². The zero-order chi connectivity index (χ0) is 12.5. The van der Waals surface area contributed by atoms with Gasteiger partial charge in [0.2, 0.25) is 5.91 Å². The van der Waals surface area contributed by atoms with Crippen molar-refractivity contribution in [3.8, 4) is 0 Å². The first-order valence-electron chi connectivity index (χ1n) is 6.17. The standard InChI is InChI=1S/C10H14N4O.C2H6/c1-13-4-8-2-3-12-14(8)7-10(6-13)5-11-9(10)15;1-2/h2-3H,4-7H2,1H3,(H,11,15);1-2H3. The normalized spacial score (nSPS) is 27.4. The maximum absolute atomic E-state index is 11.7. The Morgan fingerprint density at radius 3 is 2.76 bits per heavy atom. The van der Waals surface area contributed by atoms with Crippen LogP contribution in [0, 0.1) is 5.41 Å². The molecule has 17 heavy (non-hydrogen) atoms. The molecule has 2 aliphatic rings. The van der Waals surface area contributed by atoms with Gasteiger partial charge in [-0.15, -0.1) is 0 Å². The molecule has 0 radical (unpaired) electrons. The molecule has 0 aliphatic carbocycles. The summed E-state index contributed by atoms with van der Waals surface area (Å²) in [7, 11) is 2.05. The van der Waals surface area contributed by atoms with Gasteiger partial charge < -0.3 is 5.32 Å². The van der Waals surface area contributed by atoms with Gasteiger partial charge in [-0.25, -0.2) is 0 Å². The number of amides is 1. The Kier molecular flexibility index (Phi) is 3.19. The largest absolute Gasteiger partial charge is 0.354 e. The predicted octanol–water partition coefficient (Wildman–Crippen LogP) is 0.471. The third kappa shape index (κ3) is 1.95. The molecule has 3 heterocycles. The van der Waals surface area contributed by atoms with Crippen molar-refractivity contribution in [3.05, 3.63) is 18.0 Å². The molecule has 1 aromatic rings. The molecule has 1 aromatic heterocycles. The molecule has 1 unspecified atom stereocenters. The van der Waals surface area contributed by atoms with Crippen LogP contribution < -0.4 is 5.32 Å². The van der Waals surface area contributed by atoms with Gasteiger partial charge in [0.05, 0.1) is 17.7 Å². The Morgan fingerprint density at radius 2 is 2.18 bits per heavy atom. The van der Waals surface area contributed by atoms with Crippen LogP contribution in [0.25, 0.3) is 0 Å². The lowest BCUT2D eigenvalue weighted by Gasteiger charge is -2.41. The lowest BCUT2D eigenvalue weighted by Crippen LogP contribution is -2.64. The van der Waals surface area contributed by atoms with Crippen LogP contribution in [0.2, 0.25) is 0 Å². The summed E-state index contributed by atoms with van der Waals surface area (Å²) in [5, 5.41) is 7.11. The molecule has 0 aromatic carbocycles. The Balaban J connectivity index is 0.000000514. The fourth-order valence-corrected chi connectivity index (χ4v) is 2.49. The first-order chi connectivity index (χ1) is 8.20. The van der Waals surface area contributed by atoms with E-state index in [1.807, 2.05) is 24.6 Å². The number of rotatable bonds is 0. The maximum atomic E-state index is 11.7. The van der Waals surface area contributed by atoms with Crippen LogP contribution in [-0.4, -0.2) is 40.7 Å². The molecule has 5 heteroatoms. The van der Waals surface area contributed by atoms with Gasteiger partial charge in [0, 0.05) is 25.8 Å². The smallest absolute Gasteiger partial charge is 0.231 e. The van der Waals surface area contributed by atoms with Gasteiger partial charge in [-0.3, -0.25) is 14.4 Å². The lowest BCUT2D eigenvalue weighted by molar-refractivity contribution is -0.142. The topological polar surface area (TPSA) is 50.2 Å². The summed E-state index contributed by atoms with van der Waals surface area (Å²) in [4.78, 5) is 13.9. The summed E-state index contributed by atoms with van der Waals surface area (Å²) < 4.78 is 1.96. The fourth-order valence-electron chi connectivity index (χ4n) is 2.49. The second-order valence-corrected chi connectivity index (χ2v) is 4.62. The molecule has 1 amide bonds. The maximum Gasteiger partial charge on any atom is 0.231 e. The van der Waals surface area contributed by atoms with Gasteiger partial charge in [0.1, 0.15) is 0 Å². The SMILES string of the molecule is CC.CN1Cc2ccnn2CC2(CNC2=O)C1. The molecule has 2 aliphatic heterocycles. The highest BCUT2D eigenvalue weighted by molar-refractivity contribution is 5.88. The second-order valence-electron chi connectivity index (χ2n) is 4.62. The molecule has 1 N–H and O–H groups in total. The van der Waals surface area contributed by atoms with Crippen molar-refractivity contribution in [2.75, 3.05) is 20.1 Å². The molecule has 1 spiro atoms. The zero-order valence-corrected chi connectivity index (χ0v) is 10.7. The molecule has 0 bridgehead atoms. The molecule has 94 valence electrons. The second kappa shape index (κ2) is 4.49. The van der Waals surface area contributed by atoms with E-state index in [0.717, 1.165) is 19.6 Å². The van der Waals surface area contributed by atoms with Crippen molar-refractivity contribution < 1.29 is 4.79 Å². The van der Waals surface area contributed by atoms with E-state index >= 15 is 0 Å². The Bertz CT molecular complexity index is 414. The van der Waals surface area contributed by atoms with E-state index in [1.165, 1.54) is 5.69 Å². The van der Waals surface area contributed by atoms with E-state index in [-0.39, 0.29) is 11.3 Å². The molecule has 1 fully saturated rings. The predicted molar refractivity (Wildman–Crippen MR) is 65.4 cm³/mol. The number of hydrogen-bond acceptors (Lipinski definition) is 3. The van der Waals surface area contributed by atoms with Crippen molar-refractivity contribution in [1.82, 2.24) is 20.0 Å². The number of β-lactam (4-membered cyclic amide) rings is 1. The highest BCUT2D eigenvalue weighted by Gasteiger charge is 2.48. The fraction of sp³-hybridized carbons (Fsp3) is 0.667. The summed E-state index contributed by atoms with van der Waals surface area (Å²) in [6.45, 7) is 7.18. The first-order valence-corrected chi connectivity index (χ1v) is 6.17. The van der Waals surface area contributed by atoms with Crippen molar-refractivity contribution >= 4 is 5.91 Å². The number of nitrogens with one attached hydrogen (secondary N) is 1. The van der Waals surface area contributed by atoms with Crippen LogP contribution in [0.4, 0.5) is 0 Å². The summed E-state index contributed by atoms with van der Waals surface area (Å²) in [6.07, 6.45) is 1.80. The van der Waals surface area contributed by atoms with Crippen LogP contribution >= 0.6 is 0 Å². The molecule has 5 nitrogen and oxygen atoms in total. The number of aromatic nitrogens is 2. The third-order valence-corrected chi connectivity index (χ3v) is 3.33. The van der Waals surface area contributed by atoms with Crippen molar-refractivity contribution in [2.45, 2.75) is 26.9 Å². The van der Waals surface area contributed by atoms with Gasteiger partial charge >= 0.3 is 0 Å². The monoisotopic (exact) mass is 236 g/mol. The number of carbonyl (C=O) groups excluding carboxylic acids is 1. The summed E-state index contributed by atoms with van der Waals surface area (Å²) >= 11 is 0. The minimum atomic E-state index is -0.244. The summed E-state index contributed by atoms with van der Waals surface area (Å²) in [5.74, 6) is 0.165. The van der Waals surface area contributed by atoms with E-state index in [0.29, 0.717) is 6.54 Å². The Hall–Kier alpha value is -1.36. The van der Waals surface area contributed by atoms with Crippen LogP contribution in [0.5, 0.6) is 0 Å². The average Bonchev–Trinajstić information content (AvgIpc) is 2.70. The number of fused-ring (bicyclic) bond motifs is 1. The molecule has 1 saturated heterocycles.